The maximum Gasteiger partial charge on any atom is 0.586 e. The minimum Gasteiger partial charge on any atom is -0.440 e. The Balaban J connectivity index is 0.00000141. The molecule has 0 saturated heterocycles. The van der Waals surface area contributed by atoms with Gasteiger partial charge < -0.3 is 13.9 Å². The fourth-order valence-corrected chi connectivity index (χ4v) is 4.14. The van der Waals surface area contributed by atoms with Crippen LogP contribution in [-0.4, -0.2) is 21.1 Å². The quantitative estimate of drug-likeness (QED) is 0.279. The van der Waals surface area contributed by atoms with Crippen LogP contribution in [0.5, 0.6) is 11.5 Å². The highest BCUT2D eigenvalue weighted by Gasteiger charge is 2.43. The van der Waals surface area contributed by atoms with Crippen molar-refractivity contribution in [2.45, 2.75) is 33.5 Å². The van der Waals surface area contributed by atoms with Gasteiger partial charge in [0.05, 0.1) is 23.9 Å². The van der Waals surface area contributed by atoms with Crippen molar-refractivity contribution in [3.63, 3.8) is 0 Å². The fourth-order valence-electron chi connectivity index (χ4n) is 3.78. The van der Waals surface area contributed by atoms with Gasteiger partial charge in [-0.15, -0.1) is 8.78 Å². The first kappa shape index (κ1) is 24.4. The third-order valence-corrected chi connectivity index (χ3v) is 5.59. The molecule has 35 heavy (non-hydrogen) atoms. The van der Waals surface area contributed by atoms with Crippen molar-refractivity contribution >= 4 is 15.9 Å². The first-order chi connectivity index (χ1) is 16.7. The van der Waals surface area contributed by atoms with E-state index in [4.69, 9.17) is 9.68 Å². The Hall–Kier alpha value is -3.71. The highest BCUT2D eigenvalue weighted by Crippen LogP contribution is 2.45. The second kappa shape index (κ2) is 9.50. The highest BCUT2D eigenvalue weighted by atomic mass is 79.9. The second-order valence-electron chi connectivity index (χ2n) is 7.41. The van der Waals surface area contributed by atoms with Gasteiger partial charge in [0.2, 0.25) is 0 Å². The Kier molecular flexibility index (Phi) is 6.63. The number of halogens is 3. The summed E-state index contributed by atoms with van der Waals surface area (Å²) in [4.78, 5) is 4.51. The molecule has 7 nitrogen and oxygen atoms in total. The number of alkyl halides is 2. The molecule has 5 rings (SSSR count). The lowest BCUT2D eigenvalue weighted by Gasteiger charge is -2.10. The molecular formula is C25H21BrF2N4O3. The monoisotopic (exact) mass is 542 g/mol. The number of benzene rings is 2. The van der Waals surface area contributed by atoms with Gasteiger partial charge in [0.25, 0.3) is 0 Å². The summed E-state index contributed by atoms with van der Waals surface area (Å²) in [7, 11) is 1.80. The van der Waals surface area contributed by atoms with Gasteiger partial charge in [0, 0.05) is 35.1 Å². The van der Waals surface area contributed by atoms with Crippen molar-refractivity contribution in [1.82, 2.24) is 14.8 Å². The predicted octanol–water partition coefficient (Wildman–Crippen LogP) is 6.89. The van der Waals surface area contributed by atoms with Crippen LogP contribution in [0.4, 0.5) is 8.78 Å². The number of aromatic nitrogens is 3. The van der Waals surface area contributed by atoms with Crippen molar-refractivity contribution in [3.05, 3.63) is 58.5 Å². The average molecular weight is 543 g/mol. The van der Waals surface area contributed by atoms with E-state index < -0.39 is 6.29 Å². The van der Waals surface area contributed by atoms with Crippen LogP contribution in [0.3, 0.4) is 0 Å². The smallest absolute Gasteiger partial charge is 0.440 e. The largest absolute Gasteiger partial charge is 0.586 e. The lowest BCUT2D eigenvalue weighted by molar-refractivity contribution is -0.286. The van der Waals surface area contributed by atoms with E-state index in [1.54, 1.807) is 24.7 Å². The van der Waals surface area contributed by atoms with Crippen LogP contribution in [0, 0.1) is 18.3 Å². The van der Waals surface area contributed by atoms with Crippen LogP contribution in [-0.2, 0) is 13.5 Å². The molecule has 0 saturated carbocycles. The molecule has 1 aliphatic heterocycles. The molecule has 0 radical (unpaired) electrons. The van der Waals surface area contributed by atoms with Crippen molar-refractivity contribution in [1.29, 1.82) is 5.26 Å². The van der Waals surface area contributed by atoms with Crippen LogP contribution in [0.2, 0.25) is 0 Å². The fraction of sp³-hybridized carbons (Fsp3) is 0.240. The maximum absolute atomic E-state index is 13.5. The number of ether oxygens (including phenoxy) is 2. The molecule has 2 aromatic heterocycles. The van der Waals surface area contributed by atoms with Crippen molar-refractivity contribution in [2.24, 2.45) is 7.05 Å². The van der Waals surface area contributed by atoms with Gasteiger partial charge in [-0.2, -0.15) is 10.4 Å². The number of nitriles is 1. The molecule has 0 unspecified atom stereocenters. The minimum atomic E-state index is -3.71. The summed E-state index contributed by atoms with van der Waals surface area (Å²) in [6.45, 7) is 5.71. The zero-order valence-corrected chi connectivity index (χ0v) is 21.0. The Morgan fingerprint density at radius 2 is 1.80 bits per heavy atom. The summed E-state index contributed by atoms with van der Waals surface area (Å²) in [5, 5.41) is 13.4. The van der Waals surface area contributed by atoms with Crippen LogP contribution in [0.1, 0.15) is 25.4 Å². The van der Waals surface area contributed by atoms with Crippen molar-refractivity contribution in [3.8, 4) is 51.4 Å². The summed E-state index contributed by atoms with van der Waals surface area (Å²) >= 11 is 3.51. The second-order valence-corrected chi connectivity index (χ2v) is 8.32. The Morgan fingerprint density at radius 1 is 1.06 bits per heavy atom. The summed E-state index contributed by atoms with van der Waals surface area (Å²) < 4.78 is 44.6. The zero-order chi connectivity index (χ0) is 25.3. The molecule has 0 bridgehead atoms. The molecule has 0 N–H and O–H groups in total. The molecule has 180 valence electrons. The van der Waals surface area contributed by atoms with E-state index >= 15 is 0 Å². The Labute approximate surface area is 209 Å². The van der Waals surface area contributed by atoms with Gasteiger partial charge >= 0.3 is 6.29 Å². The van der Waals surface area contributed by atoms with Crippen LogP contribution in [0.15, 0.2) is 51.4 Å². The molecule has 1 aliphatic rings. The molecule has 2 aromatic carbocycles. The van der Waals surface area contributed by atoms with E-state index in [9.17, 15) is 8.78 Å². The highest BCUT2D eigenvalue weighted by molar-refractivity contribution is 9.10. The van der Waals surface area contributed by atoms with Gasteiger partial charge in [0.1, 0.15) is 5.69 Å². The molecule has 0 spiro atoms. The van der Waals surface area contributed by atoms with E-state index in [-0.39, 0.29) is 17.9 Å². The van der Waals surface area contributed by atoms with Crippen molar-refractivity contribution in [2.75, 3.05) is 0 Å². The van der Waals surface area contributed by atoms with Gasteiger partial charge in [-0.05, 0) is 36.4 Å². The standard InChI is InChI=1S/C23H15BrF2N4O3.C2H6/c1-12-28-21(13-3-6-19-20(9-13)33-23(25,26)32-19)22(31-12)17-10-14(24)4-5-16(17)18-11-15(7-8-27)29-30(18)2;1-2/h3-6,9-11H,7H2,1-2H3;1-2H3. The number of nitrogens with zero attached hydrogens (tertiary/aromatic N) is 4. The predicted molar refractivity (Wildman–Crippen MR) is 129 cm³/mol. The summed E-state index contributed by atoms with van der Waals surface area (Å²) in [5.41, 5.74) is 3.95. The lowest BCUT2D eigenvalue weighted by atomic mass is 9.98. The summed E-state index contributed by atoms with van der Waals surface area (Å²) in [6, 6.07) is 14.1. The summed E-state index contributed by atoms with van der Waals surface area (Å²) in [5.74, 6) is 0.737. The summed E-state index contributed by atoms with van der Waals surface area (Å²) in [6.07, 6.45) is -3.52. The Morgan fingerprint density at radius 3 is 2.54 bits per heavy atom. The number of fused-ring (bicyclic) bond motifs is 1. The molecule has 0 atom stereocenters. The van der Waals surface area contributed by atoms with Crippen molar-refractivity contribution < 1.29 is 22.7 Å². The number of hydrogen-bond donors (Lipinski definition) is 0. The van der Waals surface area contributed by atoms with Gasteiger partial charge in [0.15, 0.2) is 23.1 Å². The topological polar surface area (TPSA) is 86.1 Å². The number of oxazole rings is 1. The zero-order valence-electron chi connectivity index (χ0n) is 19.4. The number of hydrogen-bond acceptors (Lipinski definition) is 6. The van der Waals surface area contributed by atoms with Gasteiger partial charge in [-0.25, -0.2) is 4.98 Å². The van der Waals surface area contributed by atoms with E-state index in [0.29, 0.717) is 28.6 Å². The molecule has 4 aromatic rings. The average Bonchev–Trinajstić information content (AvgIpc) is 3.47. The maximum atomic E-state index is 13.5. The van der Waals surface area contributed by atoms with Crippen LogP contribution >= 0.6 is 15.9 Å². The SMILES string of the molecule is CC.Cc1nc(-c2ccc3c(c2)OC(F)(F)O3)c(-c2cc(Br)ccc2-c2cc(CC#N)nn2C)o1. The Bertz CT molecular complexity index is 1440. The third kappa shape index (κ3) is 4.77. The molecule has 3 heterocycles. The molecular weight excluding hydrogens is 522 g/mol. The van der Waals surface area contributed by atoms with E-state index in [1.165, 1.54) is 12.1 Å². The van der Waals surface area contributed by atoms with E-state index in [0.717, 1.165) is 21.3 Å². The number of aryl methyl sites for hydroxylation is 2. The minimum absolute atomic E-state index is 0.0476. The first-order valence-corrected chi connectivity index (χ1v) is 11.6. The molecule has 10 heteroatoms. The van der Waals surface area contributed by atoms with E-state index in [1.807, 2.05) is 38.1 Å². The van der Waals surface area contributed by atoms with Gasteiger partial charge in [-0.3, -0.25) is 4.68 Å². The number of rotatable bonds is 4. The first-order valence-electron chi connectivity index (χ1n) is 10.8. The van der Waals surface area contributed by atoms with Crippen LogP contribution < -0.4 is 9.47 Å². The molecule has 0 fully saturated rings. The van der Waals surface area contributed by atoms with Crippen LogP contribution in [0.25, 0.3) is 33.8 Å². The van der Waals surface area contributed by atoms with Gasteiger partial charge in [-0.1, -0.05) is 35.8 Å². The molecule has 0 aliphatic carbocycles. The molecule has 0 amide bonds. The lowest BCUT2D eigenvalue weighted by Crippen LogP contribution is -2.25. The third-order valence-electron chi connectivity index (χ3n) is 5.10. The van der Waals surface area contributed by atoms with E-state index in [2.05, 4.69) is 41.6 Å². The normalized spacial score (nSPS) is 13.2.